The van der Waals surface area contributed by atoms with Crippen LogP contribution in [0.4, 0.5) is 0 Å². The zero-order valence-electron chi connectivity index (χ0n) is 18.0. The van der Waals surface area contributed by atoms with E-state index in [0.29, 0.717) is 11.8 Å². The van der Waals surface area contributed by atoms with Crippen molar-refractivity contribution in [2.45, 2.75) is 84.2 Å². The lowest BCUT2D eigenvalue weighted by atomic mass is 9.73. The van der Waals surface area contributed by atoms with Crippen molar-refractivity contribution in [3.05, 3.63) is 0 Å². The lowest BCUT2D eigenvalue weighted by molar-refractivity contribution is -0.124. The van der Waals surface area contributed by atoms with Crippen LogP contribution in [0.2, 0.25) is 36.3 Å². The van der Waals surface area contributed by atoms with Gasteiger partial charge in [-0.1, -0.05) is 72.9 Å². The Morgan fingerprint density at radius 2 is 1.32 bits per heavy atom. The van der Waals surface area contributed by atoms with Crippen molar-refractivity contribution >= 4 is 32.7 Å². The van der Waals surface area contributed by atoms with Gasteiger partial charge < -0.3 is 14.4 Å². The van der Waals surface area contributed by atoms with Gasteiger partial charge in [0.05, 0.1) is 11.6 Å². The van der Waals surface area contributed by atoms with Crippen LogP contribution in [-0.4, -0.2) is 39.8 Å². The average molecular weight is 384 g/mol. The molecule has 1 fully saturated rings. The van der Waals surface area contributed by atoms with E-state index in [-0.39, 0.29) is 27.3 Å². The molecular formula is C19H37NO3Si2. The van der Waals surface area contributed by atoms with Crippen LogP contribution in [0.1, 0.15) is 48.0 Å². The van der Waals surface area contributed by atoms with Crippen LogP contribution < -0.4 is 0 Å². The molecule has 25 heavy (non-hydrogen) atoms. The molecule has 144 valence electrons. The number of carbonyl (C=O) groups excluding carboxylic acids is 2. The molecule has 0 aromatic carbocycles. The summed E-state index contributed by atoms with van der Waals surface area (Å²) in [6, 6.07) is 0. The third kappa shape index (κ3) is 3.84. The Bertz CT molecular complexity index is 580. The first-order valence-corrected chi connectivity index (χ1v) is 15.2. The lowest BCUT2D eigenvalue weighted by Gasteiger charge is -2.47. The monoisotopic (exact) mass is 383 g/mol. The molecule has 1 aliphatic carbocycles. The third-order valence-electron chi connectivity index (χ3n) is 7.00. The second-order valence-corrected chi connectivity index (χ2v) is 21.0. The van der Waals surface area contributed by atoms with E-state index in [2.05, 4.69) is 72.9 Å². The highest BCUT2D eigenvalue weighted by molar-refractivity contribution is 7.08. The van der Waals surface area contributed by atoms with E-state index in [1.807, 2.05) is 0 Å². The van der Waals surface area contributed by atoms with Crippen LogP contribution in [0, 0.1) is 11.8 Å². The van der Waals surface area contributed by atoms with Gasteiger partial charge in [0.25, 0.3) is 0 Å². The molecular weight excluding hydrogens is 346 g/mol. The van der Waals surface area contributed by atoms with Gasteiger partial charge in [-0.05, 0) is 10.1 Å². The molecule has 2 atom stereocenters. The maximum Gasteiger partial charge on any atom is 0.133 e. The summed E-state index contributed by atoms with van der Waals surface area (Å²) >= 11 is 0. The summed E-state index contributed by atoms with van der Waals surface area (Å²) in [7, 11) is -2.87. The lowest BCUT2D eigenvalue weighted by Crippen LogP contribution is -2.62. The summed E-state index contributed by atoms with van der Waals surface area (Å²) in [5.41, 5.74) is 0.759. The summed E-state index contributed by atoms with van der Waals surface area (Å²) in [5, 5.41) is 4.57. The van der Waals surface area contributed by atoms with Crippen molar-refractivity contribution in [2.75, 3.05) is 7.11 Å². The maximum atomic E-state index is 13.5. The summed E-state index contributed by atoms with van der Waals surface area (Å²) in [6.07, 6.45) is 0.574. The van der Waals surface area contributed by atoms with Gasteiger partial charge in [0.15, 0.2) is 0 Å². The minimum absolute atomic E-state index is 0.0250. The fourth-order valence-electron chi connectivity index (χ4n) is 2.92. The summed E-state index contributed by atoms with van der Waals surface area (Å²) in [4.78, 5) is 31.8. The van der Waals surface area contributed by atoms with Crippen LogP contribution in [0.25, 0.3) is 0 Å². The van der Waals surface area contributed by atoms with Crippen LogP contribution in [0.15, 0.2) is 5.16 Å². The SMILES string of the molecule is CON=C1C[C@H](C(=O)[Si](C)(C)C(C)(C)C)[C@H]1C(=O)[Si](C)(C)C(C)(C)C. The molecule has 0 saturated heterocycles. The van der Waals surface area contributed by atoms with Gasteiger partial charge in [0.2, 0.25) is 0 Å². The highest BCUT2D eigenvalue weighted by atomic mass is 28.3. The van der Waals surface area contributed by atoms with Gasteiger partial charge in [-0.3, -0.25) is 0 Å². The van der Waals surface area contributed by atoms with E-state index in [4.69, 9.17) is 4.84 Å². The molecule has 0 aliphatic heterocycles. The van der Waals surface area contributed by atoms with Gasteiger partial charge in [-0.15, -0.1) is 0 Å². The standard InChI is InChI=1S/C19H37NO3Si2/c1-18(2,3)24(8,9)16(21)13-12-14(20-23-7)15(13)17(22)25(10,11)19(4,5)6/h13,15H,12H2,1-11H3/t13-,15+/m0/s1. The highest BCUT2D eigenvalue weighted by Gasteiger charge is 2.58. The van der Waals surface area contributed by atoms with Crippen LogP contribution >= 0.6 is 0 Å². The van der Waals surface area contributed by atoms with Crippen molar-refractivity contribution in [2.24, 2.45) is 17.0 Å². The summed E-state index contributed by atoms with van der Waals surface area (Å²) in [5.74, 6) is -0.584. The molecule has 1 rings (SSSR count). The molecule has 0 bridgehead atoms. The van der Waals surface area contributed by atoms with E-state index in [0.717, 1.165) is 5.71 Å². The maximum absolute atomic E-state index is 13.5. The van der Waals surface area contributed by atoms with E-state index in [1.165, 1.54) is 7.11 Å². The van der Waals surface area contributed by atoms with Gasteiger partial charge in [0, 0.05) is 12.3 Å². The van der Waals surface area contributed by atoms with Gasteiger partial charge in [0.1, 0.15) is 34.1 Å². The van der Waals surface area contributed by atoms with Crippen LogP contribution in [0.5, 0.6) is 0 Å². The van der Waals surface area contributed by atoms with Gasteiger partial charge >= 0.3 is 0 Å². The number of carbonyl (C=O) groups is 2. The number of oxime groups is 1. The van der Waals surface area contributed by atoms with Crippen molar-refractivity contribution in [1.29, 1.82) is 0 Å². The van der Waals surface area contributed by atoms with Crippen molar-refractivity contribution in [3.63, 3.8) is 0 Å². The average Bonchev–Trinajstić information content (AvgIpc) is 2.39. The van der Waals surface area contributed by atoms with Crippen LogP contribution in [-0.2, 0) is 14.4 Å². The Kier molecular flexibility index (Phi) is 6.03. The summed E-state index contributed by atoms with van der Waals surface area (Å²) < 4.78 is 0. The number of hydrogen-bond donors (Lipinski definition) is 0. The predicted molar refractivity (Wildman–Crippen MR) is 110 cm³/mol. The zero-order valence-corrected chi connectivity index (χ0v) is 20.0. The first-order chi connectivity index (χ1) is 11.0. The Morgan fingerprint density at radius 1 is 0.920 bits per heavy atom. The van der Waals surface area contributed by atoms with E-state index in [9.17, 15) is 9.59 Å². The van der Waals surface area contributed by atoms with Crippen molar-refractivity contribution in [3.8, 4) is 0 Å². The Labute approximate surface area is 155 Å². The normalized spacial score (nSPS) is 24.0. The Balaban J connectivity index is 3.26. The molecule has 0 heterocycles. The molecule has 0 aromatic rings. The highest BCUT2D eigenvalue weighted by Crippen LogP contribution is 2.47. The van der Waals surface area contributed by atoms with Gasteiger partial charge in [-0.25, -0.2) is 0 Å². The predicted octanol–water partition coefficient (Wildman–Crippen LogP) is 4.86. The minimum Gasteiger partial charge on any atom is -0.399 e. The molecule has 0 radical (unpaired) electrons. The molecule has 0 spiro atoms. The third-order valence-corrected chi connectivity index (χ3v) is 17.6. The molecule has 0 N–H and O–H groups in total. The van der Waals surface area contributed by atoms with E-state index < -0.39 is 16.1 Å². The molecule has 1 saturated carbocycles. The second kappa shape index (κ2) is 6.76. The fraction of sp³-hybridized carbons (Fsp3) is 0.842. The molecule has 0 aromatic heterocycles. The van der Waals surface area contributed by atoms with Crippen LogP contribution in [0.3, 0.4) is 0 Å². The number of nitrogens with zero attached hydrogens (tertiary/aromatic N) is 1. The van der Waals surface area contributed by atoms with Crippen molar-refractivity contribution < 1.29 is 14.4 Å². The molecule has 0 unspecified atom stereocenters. The number of rotatable bonds is 5. The van der Waals surface area contributed by atoms with Crippen molar-refractivity contribution in [1.82, 2.24) is 0 Å². The largest absolute Gasteiger partial charge is 0.399 e. The molecule has 4 nitrogen and oxygen atoms in total. The second-order valence-electron chi connectivity index (χ2n) is 10.5. The minimum atomic E-state index is -2.22. The fourth-order valence-corrected chi connectivity index (χ4v) is 6.74. The Morgan fingerprint density at radius 3 is 1.68 bits per heavy atom. The van der Waals surface area contributed by atoms with Gasteiger partial charge in [-0.2, -0.15) is 0 Å². The molecule has 6 heteroatoms. The first kappa shape index (κ1) is 22.3. The van der Waals surface area contributed by atoms with E-state index in [1.54, 1.807) is 0 Å². The molecule has 0 amide bonds. The topological polar surface area (TPSA) is 55.7 Å². The Hall–Kier alpha value is -0.756. The smallest absolute Gasteiger partial charge is 0.133 e. The first-order valence-electron chi connectivity index (χ1n) is 9.18. The number of hydrogen-bond acceptors (Lipinski definition) is 4. The van der Waals surface area contributed by atoms with E-state index >= 15 is 0 Å². The quantitative estimate of drug-likeness (QED) is 0.503. The zero-order chi connectivity index (χ0) is 20.0. The molecule has 1 aliphatic rings. The summed E-state index contributed by atoms with van der Waals surface area (Å²) in [6.45, 7) is 21.3.